The summed E-state index contributed by atoms with van der Waals surface area (Å²) in [6.07, 6.45) is 9.40. The SMILES string of the molecule is Cc1ccc2c(c1)N(C(=O)CNC1CCCCC1)CC(=O)N2C1CCC1. The molecule has 140 valence electrons. The fourth-order valence-electron chi connectivity index (χ4n) is 4.39. The normalized spacial score (nSPS) is 21.5. The number of benzene rings is 1. The van der Waals surface area contributed by atoms with Gasteiger partial charge >= 0.3 is 0 Å². The highest BCUT2D eigenvalue weighted by Crippen LogP contribution is 2.39. The molecule has 5 heteroatoms. The van der Waals surface area contributed by atoms with Gasteiger partial charge in [0.15, 0.2) is 0 Å². The van der Waals surface area contributed by atoms with Gasteiger partial charge in [-0.25, -0.2) is 0 Å². The van der Waals surface area contributed by atoms with Gasteiger partial charge in [-0.2, -0.15) is 0 Å². The predicted molar refractivity (Wildman–Crippen MR) is 104 cm³/mol. The average molecular weight is 355 g/mol. The summed E-state index contributed by atoms with van der Waals surface area (Å²) in [6.45, 7) is 2.51. The van der Waals surface area contributed by atoms with Gasteiger partial charge in [-0.3, -0.25) is 14.5 Å². The number of anilines is 2. The number of hydrogen-bond donors (Lipinski definition) is 1. The van der Waals surface area contributed by atoms with E-state index in [1.807, 2.05) is 30.0 Å². The number of rotatable bonds is 4. The number of nitrogens with zero attached hydrogens (tertiary/aromatic N) is 2. The standard InChI is InChI=1S/C21H29N3O2/c1-15-10-11-18-19(12-15)23(14-21(26)24(18)17-8-5-9-17)20(25)13-22-16-6-3-2-4-7-16/h10-12,16-17,22H,2-9,13-14H2,1H3. The molecule has 0 bridgehead atoms. The molecule has 0 spiro atoms. The van der Waals surface area contributed by atoms with Crippen molar-refractivity contribution in [3.63, 3.8) is 0 Å². The molecule has 0 aromatic heterocycles. The lowest BCUT2D eigenvalue weighted by Gasteiger charge is -2.43. The summed E-state index contributed by atoms with van der Waals surface area (Å²) < 4.78 is 0. The lowest BCUT2D eigenvalue weighted by molar-refractivity contribution is -0.123. The molecule has 2 saturated carbocycles. The Bertz CT molecular complexity index is 692. The van der Waals surface area contributed by atoms with Crippen LogP contribution in [0.2, 0.25) is 0 Å². The van der Waals surface area contributed by atoms with Gasteiger partial charge in [-0.1, -0.05) is 25.3 Å². The van der Waals surface area contributed by atoms with Crippen molar-refractivity contribution in [1.29, 1.82) is 0 Å². The van der Waals surface area contributed by atoms with Crippen LogP contribution in [0.1, 0.15) is 56.9 Å². The molecular formula is C21H29N3O2. The quantitative estimate of drug-likeness (QED) is 0.903. The largest absolute Gasteiger partial charge is 0.306 e. The van der Waals surface area contributed by atoms with E-state index in [0.717, 1.165) is 42.6 Å². The molecule has 1 aromatic rings. The molecule has 1 aromatic carbocycles. The molecule has 2 fully saturated rings. The minimum absolute atomic E-state index is 0.00373. The maximum Gasteiger partial charge on any atom is 0.247 e. The molecule has 26 heavy (non-hydrogen) atoms. The van der Waals surface area contributed by atoms with Gasteiger partial charge in [0.05, 0.1) is 17.9 Å². The van der Waals surface area contributed by atoms with E-state index >= 15 is 0 Å². The molecule has 1 aliphatic heterocycles. The zero-order chi connectivity index (χ0) is 18.1. The lowest BCUT2D eigenvalue weighted by atomic mass is 9.90. The highest BCUT2D eigenvalue weighted by molar-refractivity contribution is 6.12. The van der Waals surface area contributed by atoms with Crippen LogP contribution in [0.4, 0.5) is 11.4 Å². The van der Waals surface area contributed by atoms with Crippen molar-refractivity contribution in [3.05, 3.63) is 23.8 Å². The monoisotopic (exact) mass is 355 g/mol. The first-order chi connectivity index (χ1) is 12.6. The van der Waals surface area contributed by atoms with E-state index in [-0.39, 0.29) is 18.4 Å². The Hall–Kier alpha value is -1.88. The van der Waals surface area contributed by atoms with Gasteiger partial charge < -0.3 is 10.2 Å². The maximum atomic E-state index is 12.9. The van der Waals surface area contributed by atoms with E-state index in [0.29, 0.717) is 18.6 Å². The summed E-state index contributed by atoms with van der Waals surface area (Å²) in [4.78, 5) is 29.4. The Kier molecular flexibility index (Phi) is 4.98. The van der Waals surface area contributed by atoms with Crippen molar-refractivity contribution in [2.45, 2.75) is 70.4 Å². The number of carbonyl (C=O) groups is 2. The van der Waals surface area contributed by atoms with Crippen LogP contribution in [-0.2, 0) is 9.59 Å². The van der Waals surface area contributed by atoms with Gasteiger partial charge in [0.25, 0.3) is 0 Å². The number of fused-ring (bicyclic) bond motifs is 1. The molecule has 1 N–H and O–H groups in total. The van der Waals surface area contributed by atoms with Crippen LogP contribution in [0.5, 0.6) is 0 Å². The first-order valence-electron chi connectivity index (χ1n) is 10.1. The summed E-state index contributed by atoms with van der Waals surface area (Å²) in [5.41, 5.74) is 2.92. The molecule has 0 radical (unpaired) electrons. The number of carbonyl (C=O) groups excluding carboxylic acids is 2. The third kappa shape index (κ3) is 3.37. The Morgan fingerprint density at radius 1 is 1.08 bits per heavy atom. The Balaban J connectivity index is 1.53. The van der Waals surface area contributed by atoms with Crippen LogP contribution in [0.15, 0.2) is 18.2 Å². The van der Waals surface area contributed by atoms with Crippen molar-refractivity contribution < 1.29 is 9.59 Å². The maximum absolute atomic E-state index is 12.9. The molecule has 0 saturated heterocycles. The smallest absolute Gasteiger partial charge is 0.247 e. The van der Waals surface area contributed by atoms with E-state index in [1.165, 1.54) is 25.7 Å². The van der Waals surface area contributed by atoms with E-state index in [2.05, 4.69) is 5.32 Å². The summed E-state index contributed by atoms with van der Waals surface area (Å²) in [6, 6.07) is 6.84. The van der Waals surface area contributed by atoms with Crippen molar-refractivity contribution in [2.75, 3.05) is 22.9 Å². The second-order valence-corrected chi connectivity index (χ2v) is 8.04. The van der Waals surface area contributed by atoms with E-state index in [1.54, 1.807) is 4.90 Å². The van der Waals surface area contributed by atoms with Crippen LogP contribution in [0.25, 0.3) is 0 Å². The van der Waals surface area contributed by atoms with Gasteiger partial charge in [0.1, 0.15) is 6.54 Å². The number of aryl methyl sites for hydroxylation is 1. The summed E-state index contributed by atoms with van der Waals surface area (Å²) in [7, 11) is 0. The first kappa shape index (κ1) is 17.5. The third-order valence-corrected chi connectivity index (χ3v) is 6.13. The first-order valence-corrected chi connectivity index (χ1v) is 10.1. The van der Waals surface area contributed by atoms with Crippen LogP contribution in [0.3, 0.4) is 0 Å². The van der Waals surface area contributed by atoms with Gasteiger partial charge in [-0.15, -0.1) is 0 Å². The summed E-state index contributed by atoms with van der Waals surface area (Å²) >= 11 is 0. The number of hydrogen-bond acceptors (Lipinski definition) is 3. The van der Waals surface area contributed by atoms with Gasteiger partial charge in [0, 0.05) is 12.1 Å². The predicted octanol–water partition coefficient (Wildman–Crippen LogP) is 3.15. The third-order valence-electron chi connectivity index (χ3n) is 6.13. The lowest BCUT2D eigenvalue weighted by Crippen LogP contribution is -2.55. The molecule has 1 heterocycles. The second-order valence-electron chi connectivity index (χ2n) is 8.04. The highest BCUT2D eigenvalue weighted by Gasteiger charge is 2.38. The van der Waals surface area contributed by atoms with E-state index < -0.39 is 0 Å². The van der Waals surface area contributed by atoms with Crippen LogP contribution in [-0.4, -0.2) is 37.0 Å². The Labute approximate surface area is 155 Å². The van der Waals surface area contributed by atoms with Crippen LogP contribution in [0, 0.1) is 6.92 Å². The van der Waals surface area contributed by atoms with Crippen molar-refractivity contribution in [1.82, 2.24) is 5.32 Å². The molecule has 2 aliphatic carbocycles. The molecule has 2 amide bonds. The molecule has 4 rings (SSSR count). The van der Waals surface area contributed by atoms with Crippen molar-refractivity contribution >= 4 is 23.2 Å². The molecular weight excluding hydrogens is 326 g/mol. The van der Waals surface area contributed by atoms with Crippen molar-refractivity contribution in [3.8, 4) is 0 Å². The van der Waals surface area contributed by atoms with Crippen LogP contribution < -0.4 is 15.1 Å². The molecule has 3 aliphatic rings. The molecule has 0 atom stereocenters. The van der Waals surface area contributed by atoms with Gasteiger partial charge in [0.2, 0.25) is 11.8 Å². The van der Waals surface area contributed by atoms with E-state index in [4.69, 9.17) is 0 Å². The Morgan fingerprint density at radius 2 is 1.85 bits per heavy atom. The van der Waals surface area contributed by atoms with Crippen molar-refractivity contribution in [2.24, 2.45) is 0 Å². The zero-order valence-electron chi connectivity index (χ0n) is 15.7. The fraction of sp³-hybridized carbons (Fsp3) is 0.619. The topological polar surface area (TPSA) is 52.7 Å². The number of nitrogens with one attached hydrogen (secondary N) is 1. The minimum atomic E-state index is 0.00373. The minimum Gasteiger partial charge on any atom is -0.306 e. The molecule has 0 unspecified atom stereocenters. The number of amides is 2. The van der Waals surface area contributed by atoms with Gasteiger partial charge in [-0.05, 0) is 56.7 Å². The Morgan fingerprint density at radius 3 is 2.54 bits per heavy atom. The highest BCUT2D eigenvalue weighted by atomic mass is 16.2. The summed E-state index contributed by atoms with van der Waals surface area (Å²) in [5.74, 6) is 0.0566. The molecule has 5 nitrogen and oxygen atoms in total. The average Bonchev–Trinajstić information content (AvgIpc) is 2.61. The second kappa shape index (κ2) is 7.39. The summed E-state index contributed by atoms with van der Waals surface area (Å²) in [5, 5.41) is 3.42. The zero-order valence-corrected chi connectivity index (χ0v) is 15.7. The van der Waals surface area contributed by atoms with Crippen LogP contribution >= 0.6 is 0 Å². The fourth-order valence-corrected chi connectivity index (χ4v) is 4.39. The van der Waals surface area contributed by atoms with E-state index in [9.17, 15) is 9.59 Å².